The van der Waals surface area contributed by atoms with E-state index in [1.165, 1.54) is 18.2 Å². The lowest BCUT2D eigenvalue weighted by molar-refractivity contribution is -0.122. The van der Waals surface area contributed by atoms with Gasteiger partial charge in [-0.05, 0) is 66.2 Å². The highest BCUT2D eigenvalue weighted by atomic mass is 79.9. The van der Waals surface area contributed by atoms with E-state index in [0.717, 1.165) is 0 Å². The van der Waals surface area contributed by atoms with Crippen LogP contribution in [0.15, 0.2) is 46.9 Å². The first-order chi connectivity index (χ1) is 12.4. The highest BCUT2D eigenvalue weighted by Gasteiger charge is 2.16. The van der Waals surface area contributed by atoms with Crippen LogP contribution in [0.2, 0.25) is 0 Å². The summed E-state index contributed by atoms with van der Waals surface area (Å²) in [6.45, 7) is 3.91. The van der Waals surface area contributed by atoms with E-state index in [2.05, 4.69) is 31.9 Å². The minimum absolute atomic E-state index is 0.325. The summed E-state index contributed by atoms with van der Waals surface area (Å²) in [5, 5.41) is 8.00. The molecule has 8 heteroatoms. The largest absolute Gasteiger partial charge is 0.480 e. The highest BCUT2D eigenvalue weighted by molar-refractivity contribution is 9.10. The summed E-state index contributed by atoms with van der Waals surface area (Å²) in [7, 11) is 0. The van der Waals surface area contributed by atoms with E-state index < -0.39 is 11.9 Å². The van der Waals surface area contributed by atoms with Crippen LogP contribution in [0.3, 0.4) is 0 Å². The lowest BCUT2D eigenvalue weighted by Crippen LogP contribution is -2.30. The summed E-state index contributed by atoms with van der Waals surface area (Å²) in [6.07, 6.45) is -0.809. The fraction of sp³-hybridized carbons (Fsp3) is 0.222. The van der Waals surface area contributed by atoms with Crippen LogP contribution in [0.4, 0.5) is 20.6 Å². The van der Waals surface area contributed by atoms with Crippen molar-refractivity contribution < 1.29 is 18.7 Å². The van der Waals surface area contributed by atoms with Gasteiger partial charge in [-0.3, -0.25) is 4.79 Å². The summed E-state index contributed by atoms with van der Waals surface area (Å²) in [5.74, 6) is -0.421. The Balaban J connectivity index is 1.99. The number of carbonyl (C=O) groups is 2. The van der Waals surface area contributed by atoms with Crippen LogP contribution < -0.4 is 20.7 Å². The highest BCUT2D eigenvalue weighted by Crippen LogP contribution is 2.26. The van der Waals surface area contributed by atoms with Gasteiger partial charge in [-0.2, -0.15) is 0 Å². The average Bonchev–Trinajstić information content (AvgIpc) is 2.57. The predicted octanol–water partition coefficient (Wildman–Crippen LogP) is 4.14. The molecule has 0 spiro atoms. The Kier molecular flexibility index (Phi) is 6.97. The quantitative estimate of drug-likeness (QED) is 0.653. The molecular formula is C18H19BrFN3O3. The van der Waals surface area contributed by atoms with Crippen molar-refractivity contribution in [3.05, 3.63) is 52.8 Å². The first-order valence-electron chi connectivity index (χ1n) is 7.96. The SMILES string of the molecule is CCNC(=O)Nc1cccc(NC(=O)C(C)Oc2ccc(F)cc2Br)c1. The molecule has 6 nitrogen and oxygen atoms in total. The predicted molar refractivity (Wildman–Crippen MR) is 102 cm³/mol. The Labute approximate surface area is 159 Å². The summed E-state index contributed by atoms with van der Waals surface area (Å²) in [4.78, 5) is 23.9. The maximum absolute atomic E-state index is 13.1. The molecule has 0 aromatic heterocycles. The van der Waals surface area contributed by atoms with Crippen molar-refractivity contribution in [1.29, 1.82) is 0 Å². The van der Waals surface area contributed by atoms with Crippen LogP contribution >= 0.6 is 15.9 Å². The Morgan fingerprint density at radius 3 is 2.50 bits per heavy atom. The van der Waals surface area contributed by atoms with Crippen molar-refractivity contribution in [3.8, 4) is 5.75 Å². The molecule has 2 aromatic carbocycles. The lowest BCUT2D eigenvalue weighted by atomic mass is 10.2. The number of amides is 3. The van der Waals surface area contributed by atoms with E-state index in [4.69, 9.17) is 4.74 Å². The molecule has 0 radical (unpaired) electrons. The van der Waals surface area contributed by atoms with Crippen LogP contribution in [-0.4, -0.2) is 24.6 Å². The van der Waals surface area contributed by atoms with E-state index in [-0.39, 0.29) is 11.9 Å². The molecule has 0 saturated heterocycles. The minimum Gasteiger partial charge on any atom is -0.480 e. The number of ether oxygens (including phenoxy) is 1. The van der Waals surface area contributed by atoms with Gasteiger partial charge in [-0.1, -0.05) is 6.07 Å². The van der Waals surface area contributed by atoms with Crippen LogP contribution in [-0.2, 0) is 4.79 Å². The second-order valence-corrected chi connectivity index (χ2v) is 6.24. The second kappa shape index (κ2) is 9.19. The van der Waals surface area contributed by atoms with E-state index >= 15 is 0 Å². The molecule has 138 valence electrons. The molecule has 0 bridgehead atoms. The number of hydrogen-bond donors (Lipinski definition) is 3. The van der Waals surface area contributed by atoms with E-state index in [1.807, 2.05) is 6.92 Å². The molecule has 3 amide bonds. The van der Waals surface area contributed by atoms with Gasteiger partial charge in [-0.15, -0.1) is 0 Å². The van der Waals surface area contributed by atoms with Crippen molar-refractivity contribution in [1.82, 2.24) is 5.32 Å². The Morgan fingerprint density at radius 2 is 1.85 bits per heavy atom. The summed E-state index contributed by atoms with van der Waals surface area (Å²) < 4.78 is 19.1. The molecule has 1 unspecified atom stereocenters. The molecule has 0 fully saturated rings. The van der Waals surface area contributed by atoms with Gasteiger partial charge >= 0.3 is 6.03 Å². The zero-order valence-corrected chi connectivity index (χ0v) is 15.9. The average molecular weight is 424 g/mol. The van der Waals surface area contributed by atoms with Gasteiger partial charge in [0.1, 0.15) is 11.6 Å². The van der Waals surface area contributed by atoms with Gasteiger partial charge in [0, 0.05) is 17.9 Å². The molecule has 0 aliphatic heterocycles. The molecule has 2 rings (SSSR count). The molecular weight excluding hydrogens is 405 g/mol. The summed E-state index contributed by atoms with van der Waals surface area (Å²) in [6, 6.07) is 10.4. The molecule has 0 heterocycles. The maximum Gasteiger partial charge on any atom is 0.319 e. The van der Waals surface area contributed by atoms with Crippen LogP contribution in [0.1, 0.15) is 13.8 Å². The topological polar surface area (TPSA) is 79.5 Å². The number of nitrogens with one attached hydrogen (secondary N) is 3. The molecule has 26 heavy (non-hydrogen) atoms. The van der Waals surface area contributed by atoms with E-state index in [9.17, 15) is 14.0 Å². The van der Waals surface area contributed by atoms with Gasteiger partial charge in [-0.25, -0.2) is 9.18 Å². The van der Waals surface area contributed by atoms with Gasteiger partial charge in [0.05, 0.1) is 4.47 Å². The van der Waals surface area contributed by atoms with Crippen LogP contribution in [0.25, 0.3) is 0 Å². The fourth-order valence-electron chi connectivity index (χ4n) is 2.07. The smallest absolute Gasteiger partial charge is 0.319 e. The number of anilines is 2. The monoisotopic (exact) mass is 423 g/mol. The van der Waals surface area contributed by atoms with Gasteiger partial charge in [0.25, 0.3) is 5.91 Å². The minimum atomic E-state index is -0.809. The standard InChI is InChI=1S/C18H19BrFN3O3/c1-3-21-18(25)23-14-6-4-5-13(10-14)22-17(24)11(2)26-16-8-7-12(20)9-15(16)19/h4-11H,3H2,1-2H3,(H,22,24)(H2,21,23,25). The Hall–Kier alpha value is -2.61. The zero-order chi connectivity index (χ0) is 19.1. The van der Waals surface area contributed by atoms with E-state index in [1.54, 1.807) is 31.2 Å². The summed E-state index contributed by atoms with van der Waals surface area (Å²) >= 11 is 3.19. The van der Waals surface area contributed by atoms with Crippen molar-refractivity contribution >= 4 is 39.2 Å². The molecule has 0 saturated carbocycles. The van der Waals surface area contributed by atoms with Crippen molar-refractivity contribution in [2.24, 2.45) is 0 Å². The third kappa shape index (κ3) is 5.73. The number of benzene rings is 2. The number of rotatable bonds is 6. The van der Waals surface area contributed by atoms with Gasteiger partial charge in [0.2, 0.25) is 0 Å². The third-order valence-corrected chi connectivity index (χ3v) is 3.91. The molecule has 0 aliphatic rings. The lowest BCUT2D eigenvalue weighted by Gasteiger charge is -2.16. The van der Waals surface area contributed by atoms with Crippen molar-refractivity contribution in [2.45, 2.75) is 20.0 Å². The molecule has 1 atom stereocenters. The fourth-order valence-corrected chi connectivity index (χ4v) is 2.51. The normalized spacial score (nSPS) is 11.4. The number of carbonyl (C=O) groups excluding carboxylic acids is 2. The Bertz CT molecular complexity index is 801. The number of urea groups is 1. The van der Waals surface area contributed by atoms with Crippen molar-refractivity contribution in [2.75, 3.05) is 17.2 Å². The first-order valence-corrected chi connectivity index (χ1v) is 8.76. The zero-order valence-electron chi connectivity index (χ0n) is 14.3. The van der Waals surface area contributed by atoms with Crippen LogP contribution in [0.5, 0.6) is 5.75 Å². The first kappa shape index (κ1) is 19.7. The Morgan fingerprint density at radius 1 is 1.15 bits per heavy atom. The van der Waals surface area contributed by atoms with Crippen LogP contribution in [0, 0.1) is 5.82 Å². The molecule has 2 aromatic rings. The van der Waals surface area contributed by atoms with Crippen molar-refractivity contribution in [3.63, 3.8) is 0 Å². The van der Waals surface area contributed by atoms with Gasteiger partial charge < -0.3 is 20.7 Å². The number of halogens is 2. The summed E-state index contributed by atoms with van der Waals surface area (Å²) in [5.41, 5.74) is 1.06. The van der Waals surface area contributed by atoms with Gasteiger partial charge in [0.15, 0.2) is 6.10 Å². The number of hydrogen-bond acceptors (Lipinski definition) is 3. The molecule has 3 N–H and O–H groups in total. The second-order valence-electron chi connectivity index (χ2n) is 5.39. The third-order valence-electron chi connectivity index (χ3n) is 3.29. The van der Waals surface area contributed by atoms with E-state index in [0.29, 0.717) is 28.1 Å². The molecule has 0 aliphatic carbocycles. The maximum atomic E-state index is 13.1.